The van der Waals surface area contributed by atoms with Gasteiger partial charge in [0.15, 0.2) is 9.84 Å². The second-order valence-electron chi connectivity index (χ2n) is 7.70. The van der Waals surface area contributed by atoms with Crippen molar-refractivity contribution in [3.8, 4) is 0 Å². The van der Waals surface area contributed by atoms with Crippen LogP contribution in [0.1, 0.15) is 18.1 Å². The van der Waals surface area contributed by atoms with Gasteiger partial charge in [0.25, 0.3) is 0 Å². The highest BCUT2D eigenvalue weighted by molar-refractivity contribution is 7.90. The number of sulfone groups is 1. The molecule has 0 radical (unpaired) electrons. The fourth-order valence-electron chi connectivity index (χ4n) is 3.71. The van der Waals surface area contributed by atoms with E-state index in [2.05, 4.69) is 12.2 Å². The van der Waals surface area contributed by atoms with Gasteiger partial charge in [0.2, 0.25) is 5.91 Å². The molecule has 33 heavy (non-hydrogen) atoms. The highest BCUT2D eigenvalue weighted by atomic mass is 35.5. The zero-order valence-corrected chi connectivity index (χ0v) is 19.5. The first-order valence-electron chi connectivity index (χ1n) is 10.4. The number of hydrogen-bond donors (Lipinski definition) is 1. The number of nitrogens with zero attached hydrogens (tertiary/aromatic N) is 1. The van der Waals surface area contributed by atoms with Crippen LogP contribution >= 0.6 is 11.6 Å². The van der Waals surface area contributed by atoms with Crippen LogP contribution in [0.15, 0.2) is 77.8 Å². The molecule has 0 aliphatic carbocycles. The average molecular weight is 485 g/mol. The van der Waals surface area contributed by atoms with E-state index in [0.717, 1.165) is 12.0 Å². The van der Waals surface area contributed by atoms with E-state index in [1.807, 2.05) is 24.3 Å². The van der Waals surface area contributed by atoms with E-state index < -0.39 is 21.4 Å². The number of rotatable bonds is 7. The smallest absolute Gasteiger partial charge is 0.244 e. The van der Waals surface area contributed by atoms with Crippen molar-refractivity contribution in [3.63, 3.8) is 0 Å². The molecule has 1 aromatic heterocycles. The first kappa shape index (κ1) is 23.0. The van der Waals surface area contributed by atoms with Crippen molar-refractivity contribution < 1.29 is 17.6 Å². The normalized spacial score (nSPS) is 11.6. The quantitative estimate of drug-likeness (QED) is 0.371. The number of para-hydroxylation sites is 1. The van der Waals surface area contributed by atoms with Crippen LogP contribution in [-0.4, -0.2) is 18.9 Å². The minimum absolute atomic E-state index is 0.0255. The first-order chi connectivity index (χ1) is 15.8. The van der Waals surface area contributed by atoms with Gasteiger partial charge >= 0.3 is 0 Å². The summed E-state index contributed by atoms with van der Waals surface area (Å²) < 4.78 is 42.3. The zero-order valence-electron chi connectivity index (χ0n) is 17.9. The summed E-state index contributed by atoms with van der Waals surface area (Å²) in [7, 11) is -3.94. The lowest BCUT2D eigenvalue weighted by Gasteiger charge is -2.08. The van der Waals surface area contributed by atoms with E-state index in [1.54, 1.807) is 28.8 Å². The third-order valence-electron chi connectivity index (χ3n) is 5.44. The predicted octanol–water partition coefficient (Wildman–Crippen LogP) is 5.61. The minimum Gasteiger partial charge on any atom is -0.337 e. The van der Waals surface area contributed by atoms with Crippen molar-refractivity contribution >= 4 is 43.9 Å². The summed E-state index contributed by atoms with van der Waals surface area (Å²) in [4.78, 5) is 12.7. The zero-order chi connectivity index (χ0) is 23.6. The van der Waals surface area contributed by atoms with Gasteiger partial charge in [-0.05, 0) is 42.3 Å². The molecular formula is C25H22ClFN2O3S. The number of nitrogens with one attached hydrogen (secondary N) is 1. The standard InChI is InChI=1S/C25H22ClFN2O3S/c1-2-17-10-12-18(13-11-17)28-25(30)15-29-14-24(19-6-3-4-9-23(19)29)33(31,32)16-20-21(26)7-5-8-22(20)27/h3-14H,2,15-16H2,1H3,(H,28,30). The van der Waals surface area contributed by atoms with Crippen LogP contribution in [0.4, 0.5) is 10.1 Å². The van der Waals surface area contributed by atoms with Gasteiger partial charge in [-0.1, -0.05) is 54.9 Å². The molecule has 5 nitrogen and oxygen atoms in total. The highest BCUT2D eigenvalue weighted by Gasteiger charge is 2.24. The minimum atomic E-state index is -3.94. The van der Waals surface area contributed by atoms with Gasteiger partial charge in [0, 0.05) is 33.4 Å². The van der Waals surface area contributed by atoms with Crippen LogP contribution in [-0.2, 0) is 33.4 Å². The Morgan fingerprint density at radius 2 is 1.76 bits per heavy atom. The summed E-state index contributed by atoms with van der Waals surface area (Å²) in [6.45, 7) is 1.97. The molecule has 4 aromatic rings. The molecule has 8 heteroatoms. The molecule has 0 saturated carbocycles. The Balaban J connectivity index is 1.64. The van der Waals surface area contributed by atoms with Gasteiger partial charge in [0.1, 0.15) is 12.4 Å². The molecule has 0 spiro atoms. The molecule has 0 bridgehead atoms. The Kier molecular flexibility index (Phi) is 6.54. The van der Waals surface area contributed by atoms with Crippen LogP contribution in [0, 0.1) is 5.82 Å². The molecule has 170 valence electrons. The summed E-state index contributed by atoms with van der Waals surface area (Å²) in [5.41, 5.74) is 2.33. The van der Waals surface area contributed by atoms with E-state index >= 15 is 0 Å². The fraction of sp³-hybridized carbons (Fsp3) is 0.160. The second kappa shape index (κ2) is 9.37. The van der Waals surface area contributed by atoms with Crippen molar-refractivity contribution in [3.05, 3.63) is 94.9 Å². The molecule has 1 amide bonds. The lowest BCUT2D eigenvalue weighted by atomic mass is 10.1. The summed E-state index contributed by atoms with van der Waals surface area (Å²) in [6, 6.07) is 18.5. The van der Waals surface area contributed by atoms with Crippen LogP contribution in [0.25, 0.3) is 10.9 Å². The van der Waals surface area contributed by atoms with Crippen LogP contribution in [0.5, 0.6) is 0 Å². The summed E-state index contributed by atoms with van der Waals surface area (Å²) in [5.74, 6) is -1.55. The molecule has 1 heterocycles. The Bertz CT molecular complexity index is 1410. The molecule has 3 aromatic carbocycles. The summed E-state index contributed by atoms with van der Waals surface area (Å²) in [5, 5.41) is 3.35. The molecule has 0 unspecified atom stereocenters. The number of carbonyl (C=O) groups is 1. The van der Waals surface area contributed by atoms with Gasteiger partial charge in [-0.2, -0.15) is 0 Å². The molecule has 4 rings (SSSR count). The number of aryl methyl sites for hydroxylation is 1. The number of amides is 1. The van der Waals surface area contributed by atoms with Crippen LogP contribution in [0.2, 0.25) is 5.02 Å². The average Bonchev–Trinajstić information content (AvgIpc) is 3.16. The van der Waals surface area contributed by atoms with E-state index in [0.29, 0.717) is 16.6 Å². The molecule has 0 aliphatic heterocycles. The van der Waals surface area contributed by atoms with Crippen molar-refractivity contribution in [1.29, 1.82) is 0 Å². The third-order valence-corrected chi connectivity index (χ3v) is 7.46. The SMILES string of the molecule is CCc1ccc(NC(=O)Cn2cc(S(=O)(=O)Cc3c(F)cccc3Cl)c3ccccc32)cc1. The number of halogens is 2. The number of anilines is 1. The second-order valence-corrected chi connectivity index (χ2v) is 10.1. The molecule has 0 saturated heterocycles. The van der Waals surface area contributed by atoms with Gasteiger partial charge in [-0.25, -0.2) is 12.8 Å². The molecule has 0 fully saturated rings. The van der Waals surface area contributed by atoms with Crippen molar-refractivity contribution in [2.24, 2.45) is 0 Å². The van der Waals surface area contributed by atoms with E-state index in [-0.39, 0.29) is 27.9 Å². The predicted molar refractivity (Wildman–Crippen MR) is 129 cm³/mol. The van der Waals surface area contributed by atoms with Gasteiger partial charge < -0.3 is 9.88 Å². The maximum absolute atomic E-state index is 14.2. The van der Waals surface area contributed by atoms with Crippen molar-refractivity contribution in [1.82, 2.24) is 4.57 Å². The van der Waals surface area contributed by atoms with Gasteiger partial charge in [-0.15, -0.1) is 0 Å². The third kappa shape index (κ3) is 4.94. The number of fused-ring (bicyclic) bond motifs is 1. The maximum atomic E-state index is 14.2. The van der Waals surface area contributed by atoms with E-state index in [1.165, 1.54) is 24.4 Å². The van der Waals surface area contributed by atoms with Gasteiger partial charge in [-0.3, -0.25) is 4.79 Å². The Morgan fingerprint density at radius 3 is 2.45 bits per heavy atom. The van der Waals surface area contributed by atoms with Crippen LogP contribution < -0.4 is 5.32 Å². The summed E-state index contributed by atoms with van der Waals surface area (Å²) in [6.07, 6.45) is 2.33. The molecule has 0 atom stereocenters. The van der Waals surface area contributed by atoms with E-state index in [4.69, 9.17) is 11.6 Å². The number of hydrogen-bond acceptors (Lipinski definition) is 3. The fourth-order valence-corrected chi connectivity index (χ4v) is 5.64. The van der Waals surface area contributed by atoms with Gasteiger partial charge in [0.05, 0.1) is 10.6 Å². The number of aromatic nitrogens is 1. The van der Waals surface area contributed by atoms with Crippen molar-refractivity contribution in [2.45, 2.75) is 30.5 Å². The lowest BCUT2D eigenvalue weighted by molar-refractivity contribution is -0.116. The summed E-state index contributed by atoms with van der Waals surface area (Å²) >= 11 is 6.05. The highest BCUT2D eigenvalue weighted by Crippen LogP contribution is 2.30. The van der Waals surface area contributed by atoms with E-state index in [9.17, 15) is 17.6 Å². The monoisotopic (exact) mass is 484 g/mol. The maximum Gasteiger partial charge on any atom is 0.244 e. The Morgan fingerprint density at radius 1 is 1.03 bits per heavy atom. The molecular weight excluding hydrogens is 463 g/mol. The topological polar surface area (TPSA) is 68.2 Å². The number of carbonyl (C=O) groups excluding carboxylic acids is 1. The lowest BCUT2D eigenvalue weighted by Crippen LogP contribution is -2.18. The van der Waals surface area contributed by atoms with Crippen LogP contribution in [0.3, 0.4) is 0 Å². The van der Waals surface area contributed by atoms with Crippen molar-refractivity contribution in [2.75, 3.05) is 5.32 Å². The molecule has 1 N–H and O–H groups in total. The Hall–Kier alpha value is -3.16. The first-order valence-corrected chi connectivity index (χ1v) is 12.4. The molecule has 0 aliphatic rings. The largest absolute Gasteiger partial charge is 0.337 e. The number of benzene rings is 3. The Labute approximate surface area is 196 Å².